The van der Waals surface area contributed by atoms with Gasteiger partial charge in [0.15, 0.2) is 18.9 Å². The fraction of sp³-hybridized carbons (Fsp3) is 1.00. The summed E-state index contributed by atoms with van der Waals surface area (Å²) in [4.78, 5) is 0. The van der Waals surface area contributed by atoms with Gasteiger partial charge in [0.2, 0.25) is 0 Å². The van der Waals surface area contributed by atoms with Crippen molar-refractivity contribution in [1.29, 1.82) is 0 Å². The lowest BCUT2D eigenvalue weighted by Crippen LogP contribution is -2.66. The Hall–Kier alpha value is -0.760. The molecule has 0 aromatic carbocycles. The molecule has 19 nitrogen and oxygen atoms in total. The van der Waals surface area contributed by atoms with E-state index in [9.17, 15) is 30.6 Å². The molecule has 3 aliphatic heterocycles. The maximum Gasteiger partial charge on any atom is 0.187 e. The second kappa shape index (κ2) is 17.8. The first-order chi connectivity index (χ1) is 22.0. The summed E-state index contributed by atoms with van der Waals surface area (Å²) < 4.78 is 35.9. The Morgan fingerprint density at radius 1 is 0.674 bits per heavy atom. The molecule has 4 rings (SSSR count). The molecule has 46 heavy (non-hydrogen) atoms. The number of ether oxygens (including phenoxy) is 6. The van der Waals surface area contributed by atoms with Crippen LogP contribution in [-0.2, 0) is 28.4 Å². The van der Waals surface area contributed by atoms with Gasteiger partial charge >= 0.3 is 0 Å². The molecule has 3 saturated heterocycles. The molecule has 17 N–H and O–H groups in total. The van der Waals surface area contributed by atoms with Crippen LogP contribution in [0, 0.1) is 0 Å². The minimum absolute atomic E-state index is 0.0244. The predicted octanol–water partition coefficient (Wildman–Crippen LogP) is -7.59. The van der Waals surface area contributed by atoms with Crippen LogP contribution in [0.1, 0.15) is 19.3 Å². The molecule has 0 amide bonds. The monoisotopic (exact) mass is 670 g/mol. The summed E-state index contributed by atoms with van der Waals surface area (Å²) in [5.74, 6) is 0. The fourth-order valence-electron chi connectivity index (χ4n) is 6.39. The van der Waals surface area contributed by atoms with Crippen molar-refractivity contribution < 1.29 is 64.2 Å². The molecule has 4 fully saturated rings. The SMILES string of the molecule is NC[C@@H]1O[C@H](O[C@H]2[C@@H](O)[C@H](O[C@@H]3[C@@H](O)[C@H](NCCO)C[C@H](N)[C@H]3O[C@H]3O[C@H](CNCCO)CC[C@H]3N)O[C@@H]2CO)[C@H](N)[C@@H](O)[C@@H]1O. The van der Waals surface area contributed by atoms with E-state index in [4.69, 9.17) is 56.5 Å². The third-order valence-electron chi connectivity index (χ3n) is 9.02. The van der Waals surface area contributed by atoms with Gasteiger partial charge in [-0.1, -0.05) is 0 Å². The highest BCUT2D eigenvalue weighted by molar-refractivity contribution is 5.02. The second-order valence-electron chi connectivity index (χ2n) is 12.3. The summed E-state index contributed by atoms with van der Waals surface area (Å²) in [6.07, 6.45) is -13.7. The van der Waals surface area contributed by atoms with Gasteiger partial charge in [0.25, 0.3) is 0 Å². The Morgan fingerprint density at radius 3 is 2.02 bits per heavy atom. The van der Waals surface area contributed by atoms with Gasteiger partial charge in [-0.3, -0.25) is 0 Å². The molecule has 0 spiro atoms. The van der Waals surface area contributed by atoms with E-state index in [0.29, 0.717) is 25.9 Å². The lowest BCUT2D eigenvalue weighted by molar-refractivity contribution is -0.290. The zero-order chi connectivity index (χ0) is 33.5. The molecular formula is C27H54N6O13. The topological polar surface area (TPSA) is 325 Å². The number of aliphatic hydroxyl groups excluding tert-OH is 7. The lowest BCUT2D eigenvalue weighted by Gasteiger charge is -2.46. The number of hydrogen-bond donors (Lipinski definition) is 13. The quantitative estimate of drug-likeness (QED) is 0.0719. The Bertz CT molecular complexity index is 903. The Kier molecular flexibility index (Phi) is 14.7. The molecule has 0 aromatic rings. The van der Waals surface area contributed by atoms with Crippen molar-refractivity contribution in [3.8, 4) is 0 Å². The first-order valence-corrected chi connectivity index (χ1v) is 15.9. The van der Waals surface area contributed by atoms with E-state index in [2.05, 4.69) is 10.6 Å². The fourth-order valence-corrected chi connectivity index (χ4v) is 6.39. The van der Waals surface area contributed by atoms with Crippen molar-refractivity contribution in [1.82, 2.24) is 10.6 Å². The van der Waals surface area contributed by atoms with Gasteiger partial charge < -0.3 is 97.7 Å². The molecule has 19 heteroatoms. The highest BCUT2D eigenvalue weighted by atomic mass is 16.8. The zero-order valence-corrected chi connectivity index (χ0v) is 25.8. The molecule has 1 aliphatic carbocycles. The van der Waals surface area contributed by atoms with E-state index in [1.807, 2.05) is 0 Å². The van der Waals surface area contributed by atoms with Gasteiger partial charge in [-0.15, -0.1) is 0 Å². The molecule has 0 unspecified atom stereocenters. The summed E-state index contributed by atoms with van der Waals surface area (Å²) in [5.41, 5.74) is 24.6. The number of nitrogens with two attached hydrogens (primary N) is 4. The van der Waals surface area contributed by atoms with E-state index in [-0.39, 0.29) is 38.8 Å². The number of hydrogen-bond acceptors (Lipinski definition) is 19. The molecule has 270 valence electrons. The Balaban J connectivity index is 1.50. The molecule has 17 atom stereocenters. The van der Waals surface area contributed by atoms with Crippen molar-refractivity contribution in [2.75, 3.05) is 46.0 Å². The standard InChI is InChI=1S/C27H54N6O13/c28-8-15-19(38)20(39)17(31)26(42-15)45-23-16(10-36)43-27(21(23)40)46-24-18(37)14(33-4-6-35)7-13(30)22(24)44-25-12(29)2-1-11(41-25)9-32-3-5-34/h11-27,32-40H,1-10,28-31H2/t11-,12+,13-,14+,15-,16+,17+,18-,19+,20+,21+,22+,23+,24+,25+,26+,27-/m0/s1. The first kappa shape index (κ1) is 38.0. The van der Waals surface area contributed by atoms with Crippen molar-refractivity contribution in [3.05, 3.63) is 0 Å². The molecule has 1 saturated carbocycles. The normalized spacial score (nSPS) is 46.9. The zero-order valence-electron chi connectivity index (χ0n) is 25.8. The number of aliphatic hydroxyl groups is 7. The van der Waals surface area contributed by atoms with Crippen LogP contribution in [-0.4, -0.2) is 186 Å². The van der Waals surface area contributed by atoms with E-state index in [0.717, 1.165) is 0 Å². The molecule has 4 aliphatic rings. The Labute approximate surface area is 267 Å². The van der Waals surface area contributed by atoms with E-state index in [1.54, 1.807) is 0 Å². The van der Waals surface area contributed by atoms with Gasteiger partial charge in [-0.05, 0) is 19.3 Å². The predicted molar refractivity (Wildman–Crippen MR) is 157 cm³/mol. The average Bonchev–Trinajstić information content (AvgIpc) is 3.34. The lowest BCUT2D eigenvalue weighted by atomic mass is 9.83. The summed E-state index contributed by atoms with van der Waals surface area (Å²) >= 11 is 0. The first-order valence-electron chi connectivity index (χ1n) is 15.9. The minimum atomic E-state index is -1.56. The van der Waals surface area contributed by atoms with Crippen LogP contribution in [0.5, 0.6) is 0 Å². The van der Waals surface area contributed by atoms with Crippen molar-refractivity contribution >= 4 is 0 Å². The number of nitrogens with one attached hydrogen (secondary N) is 2. The van der Waals surface area contributed by atoms with Gasteiger partial charge in [0.05, 0.1) is 44.1 Å². The van der Waals surface area contributed by atoms with Crippen LogP contribution < -0.4 is 33.6 Å². The van der Waals surface area contributed by atoms with E-state index in [1.165, 1.54) is 0 Å². The van der Waals surface area contributed by atoms with Crippen LogP contribution in [0.25, 0.3) is 0 Å². The summed E-state index contributed by atoms with van der Waals surface area (Å²) in [5, 5.41) is 77.9. The largest absolute Gasteiger partial charge is 0.395 e. The van der Waals surface area contributed by atoms with E-state index >= 15 is 0 Å². The van der Waals surface area contributed by atoms with E-state index < -0.39 is 105 Å². The smallest absolute Gasteiger partial charge is 0.187 e. The second-order valence-corrected chi connectivity index (χ2v) is 12.3. The van der Waals surface area contributed by atoms with Crippen LogP contribution >= 0.6 is 0 Å². The van der Waals surface area contributed by atoms with Gasteiger partial charge in [0, 0.05) is 38.3 Å². The number of rotatable bonds is 15. The highest BCUT2D eigenvalue weighted by Crippen LogP contribution is 2.34. The van der Waals surface area contributed by atoms with Gasteiger partial charge in [0.1, 0.15) is 48.8 Å². The summed E-state index contributed by atoms with van der Waals surface area (Å²) in [6.45, 7) is 0.0510. The van der Waals surface area contributed by atoms with Crippen LogP contribution in [0.3, 0.4) is 0 Å². The molecule has 3 heterocycles. The van der Waals surface area contributed by atoms with Crippen molar-refractivity contribution in [3.63, 3.8) is 0 Å². The third-order valence-corrected chi connectivity index (χ3v) is 9.02. The molecule has 0 radical (unpaired) electrons. The summed E-state index contributed by atoms with van der Waals surface area (Å²) in [6, 6.07) is -3.08. The maximum atomic E-state index is 11.4. The molecule has 0 bridgehead atoms. The van der Waals surface area contributed by atoms with Crippen molar-refractivity contribution in [2.45, 2.75) is 123 Å². The average molecular weight is 671 g/mol. The van der Waals surface area contributed by atoms with Crippen LogP contribution in [0.2, 0.25) is 0 Å². The van der Waals surface area contributed by atoms with Crippen LogP contribution in [0.4, 0.5) is 0 Å². The van der Waals surface area contributed by atoms with Gasteiger partial charge in [-0.2, -0.15) is 0 Å². The van der Waals surface area contributed by atoms with Crippen LogP contribution in [0.15, 0.2) is 0 Å². The maximum absolute atomic E-state index is 11.4. The minimum Gasteiger partial charge on any atom is -0.395 e. The summed E-state index contributed by atoms with van der Waals surface area (Å²) in [7, 11) is 0. The Morgan fingerprint density at radius 2 is 1.35 bits per heavy atom. The highest BCUT2D eigenvalue weighted by Gasteiger charge is 2.54. The molecular weight excluding hydrogens is 616 g/mol. The van der Waals surface area contributed by atoms with Crippen molar-refractivity contribution in [2.24, 2.45) is 22.9 Å². The van der Waals surface area contributed by atoms with Gasteiger partial charge in [-0.25, -0.2) is 0 Å². The molecule has 0 aromatic heterocycles. The third kappa shape index (κ3) is 8.87.